The Morgan fingerprint density at radius 3 is 2.92 bits per heavy atom. The van der Waals surface area contributed by atoms with Gasteiger partial charge in [0.15, 0.2) is 0 Å². The van der Waals surface area contributed by atoms with E-state index in [-0.39, 0.29) is 0 Å². The van der Waals surface area contributed by atoms with E-state index in [1.807, 2.05) is 18.2 Å². The minimum absolute atomic E-state index is 0.500. The number of nitrogens with one attached hydrogen (secondary N) is 1. The molecule has 12 heavy (non-hydrogen) atoms. The first-order valence-electron chi connectivity index (χ1n) is 3.48. The van der Waals surface area contributed by atoms with Gasteiger partial charge in [0.2, 0.25) is 0 Å². The average molecular weight is 177 g/mol. The SMILES string of the molecule is N#Cc1ccc2cc[nH]c2c1Cl. The van der Waals surface area contributed by atoms with Gasteiger partial charge in [-0.15, -0.1) is 0 Å². The van der Waals surface area contributed by atoms with Crippen molar-refractivity contribution in [3.8, 4) is 6.07 Å². The molecular formula is C9H5ClN2. The Hall–Kier alpha value is -1.46. The Morgan fingerprint density at radius 1 is 1.33 bits per heavy atom. The van der Waals surface area contributed by atoms with Crippen LogP contribution in [0.2, 0.25) is 5.02 Å². The molecule has 0 amide bonds. The fourth-order valence-electron chi connectivity index (χ4n) is 1.18. The summed E-state index contributed by atoms with van der Waals surface area (Å²) in [6.07, 6.45) is 1.80. The number of benzene rings is 1. The number of fused-ring (bicyclic) bond motifs is 1. The third-order valence-electron chi connectivity index (χ3n) is 1.79. The van der Waals surface area contributed by atoms with Gasteiger partial charge in [0, 0.05) is 11.6 Å². The van der Waals surface area contributed by atoms with E-state index in [2.05, 4.69) is 4.98 Å². The molecule has 0 spiro atoms. The quantitative estimate of drug-likeness (QED) is 0.659. The molecule has 1 aromatic carbocycles. The molecule has 0 unspecified atom stereocenters. The van der Waals surface area contributed by atoms with Crippen molar-refractivity contribution in [2.24, 2.45) is 0 Å². The molecule has 0 atom stereocenters. The van der Waals surface area contributed by atoms with E-state index in [1.54, 1.807) is 12.3 Å². The maximum absolute atomic E-state index is 8.67. The minimum Gasteiger partial charge on any atom is -0.360 e. The van der Waals surface area contributed by atoms with Gasteiger partial charge in [-0.3, -0.25) is 0 Å². The highest BCUT2D eigenvalue weighted by Crippen LogP contribution is 2.25. The summed E-state index contributed by atoms with van der Waals surface area (Å²) < 4.78 is 0. The highest BCUT2D eigenvalue weighted by molar-refractivity contribution is 6.36. The molecule has 0 saturated carbocycles. The van der Waals surface area contributed by atoms with Crippen LogP contribution in [0.15, 0.2) is 24.4 Å². The molecule has 2 aromatic rings. The van der Waals surface area contributed by atoms with Crippen molar-refractivity contribution in [1.82, 2.24) is 4.98 Å². The number of nitriles is 1. The molecule has 1 N–H and O–H groups in total. The van der Waals surface area contributed by atoms with Crippen molar-refractivity contribution in [3.05, 3.63) is 35.0 Å². The lowest BCUT2D eigenvalue weighted by atomic mass is 10.2. The van der Waals surface area contributed by atoms with E-state index >= 15 is 0 Å². The Morgan fingerprint density at radius 2 is 2.17 bits per heavy atom. The highest BCUT2D eigenvalue weighted by Gasteiger charge is 2.04. The molecule has 58 valence electrons. The second-order valence-electron chi connectivity index (χ2n) is 2.48. The van der Waals surface area contributed by atoms with Gasteiger partial charge in [-0.1, -0.05) is 17.7 Å². The maximum atomic E-state index is 8.67. The topological polar surface area (TPSA) is 39.6 Å². The Balaban J connectivity index is 2.89. The number of aromatic nitrogens is 1. The molecular weight excluding hydrogens is 172 g/mol. The Bertz CT molecular complexity index is 465. The van der Waals surface area contributed by atoms with Crippen LogP contribution in [0.1, 0.15) is 5.56 Å². The summed E-state index contributed by atoms with van der Waals surface area (Å²) in [4.78, 5) is 2.98. The fraction of sp³-hybridized carbons (Fsp3) is 0. The smallest absolute Gasteiger partial charge is 0.101 e. The third kappa shape index (κ3) is 0.876. The molecule has 0 radical (unpaired) electrons. The van der Waals surface area contributed by atoms with E-state index in [1.165, 1.54) is 0 Å². The van der Waals surface area contributed by atoms with Crippen LogP contribution in [0.3, 0.4) is 0 Å². The zero-order valence-corrected chi connectivity index (χ0v) is 6.89. The summed E-state index contributed by atoms with van der Waals surface area (Å²) in [5.41, 5.74) is 1.34. The molecule has 1 heterocycles. The summed E-state index contributed by atoms with van der Waals surface area (Å²) in [7, 11) is 0. The second kappa shape index (κ2) is 2.54. The normalized spacial score (nSPS) is 10.0. The molecule has 0 aliphatic rings. The Labute approximate surface area is 74.4 Å². The zero-order valence-electron chi connectivity index (χ0n) is 6.13. The maximum Gasteiger partial charge on any atom is 0.101 e. The predicted molar refractivity (Wildman–Crippen MR) is 48.0 cm³/mol. The third-order valence-corrected chi connectivity index (χ3v) is 2.18. The van der Waals surface area contributed by atoms with Gasteiger partial charge in [-0.2, -0.15) is 5.26 Å². The molecule has 0 aliphatic heterocycles. The van der Waals surface area contributed by atoms with Crippen molar-refractivity contribution in [3.63, 3.8) is 0 Å². The van der Waals surface area contributed by atoms with Gasteiger partial charge in [0.1, 0.15) is 6.07 Å². The first-order chi connectivity index (χ1) is 5.83. The molecule has 3 heteroatoms. The van der Waals surface area contributed by atoms with Gasteiger partial charge in [-0.05, 0) is 12.1 Å². The standard InChI is InChI=1S/C9H5ClN2/c10-8-7(5-11)2-1-6-3-4-12-9(6)8/h1-4,12H. The number of halogens is 1. The first-order valence-corrected chi connectivity index (χ1v) is 3.86. The van der Waals surface area contributed by atoms with Crippen LogP contribution in [0.4, 0.5) is 0 Å². The Kier molecular flexibility index (Phi) is 1.53. The fourth-order valence-corrected chi connectivity index (χ4v) is 1.45. The summed E-state index contributed by atoms with van der Waals surface area (Å²) in [5.74, 6) is 0. The zero-order chi connectivity index (χ0) is 8.55. The summed E-state index contributed by atoms with van der Waals surface area (Å²) in [5, 5.41) is 10.2. The van der Waals surface area contributed by atoms with Crippen LogP contribution in [0.5, 0.6) is 0 Å². The van der Waals surface area contributed by atoms with E-state index in [9.17, 15) is 0 Å². The van der Waals surface area contributed by atoms with E-state index in [4.69, 9.17) is 16.9 Å². The highest BCUT2D eigenvalue weighted by atomic mass is 35.5. The number of nitrogens with zero attached hydrogens (tertiary/aromatic N) is 1. The van der Waals surface area contributed by atoms with Crippen molar-refractivity contribution in [1.29, 1.82) is 5.26 Å². The van der Waals surface area contributed by atoms with Crippen LogP contribution in [-0.4, -0.2) is 4.98 Å². The number of hydrogen-bond acceptors (Lipinski definition) is 1. The monoisotopic (exact) mass is 176 g/mol. The van der Waals surface area contributed by atoms with Crippen LogP contribution in [-0.2, 0) is 0 Å². The van der Waals surface area contributed by atoms with Crippen molar-refractivity contribution < 1.29 is 0 Å². The van der Waals surface area contributed by atoms with Crippen LogP contribution < -0.4 is 0 Å². The lowest BCUT2D eigenvalue weighted by Crippen LogP contribution is -1.77. The number of hydrogen-bond donors (Lipinski definition) is 1. The molecule has 1 aromatic heterocycles. The molecule has 0 fully saturated rings. The predicted octanol–water partition coefficient (Wildman–Crippen LogP) is 2.69. The van der Waals surface area contributed by atoms with Crippen LogP contribution in [0.25, 0.3) is 10.9 Å². The van der Waals surface area contributed by atoms with Gasteiger partial charge in [-0.25, -0.2) is 0 Å². The molecule has 0 aliphatic carbocycles. The van der Waals surface area contributed by atoms with Gasteiger partial charge < -0.3 is 4.98 Å². The van der Waals surface area contributed by atoms with Gasteiger partial charge in [0.05, 0.1) is 16.1 Å². The summed E-state index contributed by atoms with van der Waals surface area (Å²) in [6.45, 7) is 0. The largest absolute Gasteiger partial charge is 0.360 e. The number of rotatable bonds is 0. The number of aromatic amines is 1. The molecule has 2 nitrogen and oxygen atoms in total. The average Bonchev–Trinajstić information content (AvgIpc) is 2.53. The molecule has 0 bridgehead atoms. The van der Waals surface area contributed by atoms with E-state index in [0.29, 0.717) is 10.6 Å². The van der Waals surface area contributed by atoms with Crippen LogP contribution >= 0.6 is 11.6 Å². The van der Waals surface area contributed by atoms with E-state index < -0.39 is 0 Å². The second-order valence-corrected chi connectivity index (χ2v) is 2.86. The van der Waals surface area contributed by atoms with E-state index in [0.717, 1.165) is 10.9 Å². The molecule has 2 rings (SSSR count). The number of H-pyrrole nitrogens is 1. The summed E-state index contributed by atoms with van der Waals surface area (Å²) in [6, 6.07) is 7.54. The van der Waals surface area contributed by atoms with Crippen molar-refractivity contribution in [2.75, 3.05) is 0 Å². The lowest BCUT2D eigenvalue weighted by molar-refractivity contribution is 1.46. The minimum atomic E-state index is 0.500. The van der Waals surface area contributed by atoms with Crippen molar-refractivity contribution >= 4 is 22.5 Å². The van der Waals surface area contributed by atoms with Crippen LogP contribution in [0, 0.1) is 11.3 Å². The van der Waals surface area contributed by atoms with Crippen molar-refractivity contribution in [2.45, 2.75) is 0 Å². The van der Waals surface area contributed by atoms with Gasteiger partial charge >= 0.3 is 0 Å². The molecule has 0 saturated heterocycles. The summed E-state index contributed by atoms with van der Waals surface area (Å²) >= 11 is 5.93. The first kappa shape index (κ1) is 7.20. The van der Waals surface area contributed by atoms with Gasteiger partial charge in [0.25, 0.3) is 0 Å². The lowest BCUT2D eigenvalue weighted by Gasteiger charge is -1.95.